The number of hydrogen-bond acceptors (Lipinski definition) is 8. The first kappa shape index (κ1) is 17.2. The van der Waals surface area contributed by atoms with Crippen LogP contribution in [0.25, 0.3) is 0 Å². The zero-order valence-electron chi connectivity index (χ0n) is 12.7. The van der Waals surface area contributed by atoms with Gasteiger partial charge in [0.05, 0.1) is 21.5 Å². The molecule has 25 heavy (non-hydrogen) atoms. The van der Waals surface area contributed by atoms with Crippen LogP contribution >= 0.6 is 0 Å². The number of nitrogens with two attached hydrogens (primary N) is 1. The molecule has 0 spiro atoms. The average molecular weight is 367 g/mol. The summed E-state index contributed by atoms with van der Waals surface area (Å²) in [6.07, 6.45) is 0. The minimum absolute atomic E-state index is 0.108. The van der Waals surface area contributed by atoms with E-state index in [2.05, 4.69) is 0 Å². The van der Waals surface area contributed by atoms with Crippen molar-refractivity contribution in [1.82, 2.24) is 4.90 Å². The number of nitro groups is 1. The second-order valence-electron chi connectivity index (χ2n) is 5.59. The van der Waals surface area contributed by atoms with Crippen LogP contribution in [0, 0.1) is 10.1 Å². The molecule has 0 radical (unpaired) electrons. The number of nitro benzene ring substituents is 1. The molecule has 2 heterocycles. The Labute approximate surface area is 143 Å². The van der Waals surface area contributed by atoms with Gasteiger partial charge in [-0.3, -0.25) is 23.9 Å². The summed E-state index contributed by atoms with van der Waals surface area (Å²) >= 11 is 0. The lowest BCUT2D eigenvalue weighted by Crippen LogP contribution is -2.78. The molecule has 0 saturated carbocycles. The zero-order chi connectivity index (χ0) is 18.3. The van der Waals surface area contributed by atoms with Gasteiger partial charge in [0.25, 0.3) is 5.69 Å². The van der Waals surface area contributed by atoms with Gasteiger partial charge < -0.3 is 15.4 Å². The van der Waals surface area contributed by atoms with Gasteiger partial charge in [-0.15, -0.1) is 0 Å². The fourth-order valence-electron chi connectivity index (χ4n) is 2.73. The highest BCUT2D eigenvalue weighted by Crippen LogP contribution is 2.30. The summed E-state index contributed by atoms with van der Waals surface area (Å²) in [5, 5.41) is 9.73. The molecule has 2 aliphatic heterocycles. The van der Waals surface area contributed by atoms with Crippen molar-refractivity contribution in [2.45, 2.75) is 24.1 Å². The van der Waals surface area contributed by atoms with Gasteiger partial charge >= 0.3 is 5.97 Å². The number of rotatable bonds is 4. The maximum Gasteiger partial charge on any atom is 0.337 e. The van der Waals surface area contributed by atoms with Crippen LogP contribution in [0.15, 0.2) is 24.3 Å². The van der Waals surface area contributed by atoms with E-state index in [0.29, 0.717) is 5.56 Å². The van der Waals surface area contributed by atoms with Gasteiger partial charge in [0.2, 0.25) is 5.91 Å². The van der Waals surface area contributed by atoms with E-state index in [1.165, 1.54) is 24.3 Å². The van der Waals surface area contributed by atoms with Crippen molar-refractivity contribution in [1.29, 1.82) is 0 Å². The van der Waals surface area contributed by atoms with Crippen molar-refractivity contribution >= 4 is 34.1 Å². The molecule has 0 aromatic heterocycles. The third-order valence-corrected chi connectivity index (χ3v) is 5.64. The van der Waals surface area contributed by atoms with E-state index in [1.807, 2.05) is 0 Å². The van der Waals surface area contributed by atoms with Gasteiger partial charge in [0.15, 0.2) is 11.8 Å². The Morgan fingerprint density at radius 1 is 1.36 bits per heavy atom. The summed E-state index contributed by atoms with van der Waals surface area (Å²) in [7, 11) is -1.63. The molecule has 10 nitrogen and oxygen atoms in total. The van der Waals surface area contributed by atoms with Crippen LogP contribution in [0.2, 0.25) is 0 Å². The van der Waals surface area contributed by atoms with E-state index < -0.39 is 50.8 Å². The number of amides is 1. The van der Waals surface area contributed by atoms with Crippen molar-refractivity contribution < 1.29 is 28.3 Å². The topological polar surface area (TPSA) is 150 Å². The van der Waals surface area contributed by atoms with E-state index in [1.54, 1.807) is 0 Å². The molecule has 2 N–H and O–H groups in total. The average Bonchev–Trinajstić information content (AvgIpc) is 2.58. The highest BCUT2D eigenvalue weighted by atomic mass is 32.2. The third-order valence-electron chi connectivity index (χ3n) is 4.01. The smallest absolute Gasteiger partial charge is 0.337 e. The predicted molar refractivity (Wildman–Crippen MR) is 83.3 cm³/mol. The third kappa shape index (κ3) is 2.91. The molecule has 1 aromatic carbocycles. The van der Waals surface area contributed by atoms with E-state index >= 15 is 0 Å². The first-order chi connectivity index (χ1) is 11.8. The SMILES string of the molecule is NC1C(=O)N2C(C(=O)OCc3ccc([N+](=O)[O-])cc3)C(=O)CS(=O)[C@H]12. The molecule has 2 aliphatic rings. The monoisotopic (exact) mass is 367 g/mol. The van der Waals surface area contributed by atoms with Crippen LogP contribution in [-0.2, 0) is 36.5 Å². The summed E-state index contributed by atoms with van der Waals surface area (Å²) in [5.74, 6) is -2.59. The molecular formula is C14H13N3O7S. The van der Waals surface area contributed by atoms with Crippen LogP contribution in [0.5, 0.6) is 0 Å². The Kier molecular flexibility index (Phi) is 4.35. The van der Waals surface area contributed by atoms with Crippen LogP contribution in [0.3, 0.4) is 0 Å². The summed E-state index contributed by atoms with van der Waals surface area (Å²) in [4.78, 5) is 47.0. The molecule has 2 fully saturated rings. The standard InChI is InChI=1S/C14H13N3O7S/c15-10-12(19)16-11(9(18)6-25(23)13(10)16)14(20)24-5-7-1-3-8(4-2-7)17(21)22/h1-4,10-11,13H,5-6,15H2/t10?,11?,13-,25?/m1/s1. The summed E-state index contributed by atoms with van der Waals surface area (Å²) in [6.45, 7) is -0.220. The number of fused-ring (bicyclic) bond motifs is 1. The molecule has 0 bridgehead atoms. The number of esters is 1. The van der Waals surface area contributed by atoms with Gasteiger partial charge in [0.1, 0.15) is 18.0 Å². The van der Waals surface area contributed by atoms with Gasteiger partial charge in [-0.1, -0.05) is 0 Å². The number of β-lactam (4-membered cyclic amide) rings is 1. The molecular weight excluding hydrogens is 354 g/mol. The Morgan fingerprint density at radius 3 is 2.60 bits per heavy atom. The molecule has 1 aromatic rings. The summed E-state index contributed by atoms with van der Waals surface area (Å²) in [5.41, 5.74) is 5.95. The number of carbonyl (C=O) groups is 3. The van der Waals surface area contributed by atoms with Gasteiger partial charge in [0, 0.05) is 12.1 Å². The maximum atomic E-state index is 12.2. The number of Topliss-reactive ketones (excluding diaryl/α,β-unsaturated/α-hetero) is 1. The lowest BCUT2D eigenvalue weighted by Gasteiger charge is -2.49. The van der Waals surface area contributed by atoms with Crippen molar-refractivity contribution in [2.24, 2.45) is 5.73 Å². The van der Waals surface area contributed by atoms with E-state index in [-0.39, 0.29) is 18.0 Å². The molecule has 3 rings (SSSR count). The second kappa shape index (κ2) is 6.33. The molecule has 11 heteroatoms. The number of ketones is 1. The first-order valence-corrected chi connectivity index (χ1v) is 8.57. The van der Waals surface area contributed by atoms with Crippen molar-refractivity contribution in [3.8, 4) is 0 Å². The highest BCUT2D eigenvalue weighted by molar-refractivity contribution is 7.86. The lowest BCUT2D eigenvalue weighted by molar-refractivity contribution is -0.384. The van der Waals surface area contributed by atoms with Gasteiger partial charge in [-0.2, -0.15) is 0 Å². The van der Waals surface area contributed by atoms with Crippen LogP contribution in [-0.4, -0.2) is 54.9 Å². The van der Waals surface area contributed by atoms with Gasteiger partial charge in [-0.25, -0.2) is 4.79 Å². The van der Waals surface area contributed by atoms with E-state index in [0.717, 1.165) is 4.90 Å². The highest BCUT2D eigenvalue weighted by Gasteiger charge is 2.59. The fraction of sp³-hybridized carbons (Fsp3) is 0.357. The van der Waals surface area contributed by atoms with E-state index in [9.17, 15) is 28.7 Å². The van der Waals surface area contributed by atoms with Crippen LogP contribution in [0.1, 0.15) is 5.56 Å². The van der Waals surface area contributed by atoms with Crippen LogP contribution in [0.4, 0.5) is 5.69 Å². The molecule has 1 amide bonds. The molecule has 3 unspecified atom stereocenters. The summed E-state index contributed by atoms with van der Waals surface area (Å²) in [6, 6.07) is 2.90. The minimum atomic E-state index is -1.63. The normalized spacial score (nSPS) is 28.1. The number of non-ortho nitro benzene ring substituents is 1. The largest absolute Gasteiger partial charge is 0.459 e. The Hall–Kier alpha value is -2.66. The first-order valence-electron chi connectivity index (χ1n) is 7.19. The lowest BCUT2D eigenvalue weighted by atomic mass is 10.0. The fourth-order valence-corrected chi connectivity index (χ4v) is 4.26. The zero-order valence-corrected chi connectivity index (χ0v) is 13.5. The van der Waals surface area contributed by atoms with Crippen molar-refractivity contribution in [3.63, 3.8) is 0 Å². The number of nitrogens with zero attached hydrogens (tertiary/aromatic N) is 2. The van der Waals surface area contributed by atoms with E-state index in [4.69, 9.17) is 10.5 Å². The van der Waals surface area contributed by atoms with Crippen LogP contribution < -0.4 is 5.73 Å². The number of benzene rings is 1. The quantitative estimate of drug-likeness (QED) is 0.230. The number of hydrogen-bond donors (Lipinski definition) is 1. The number of carbonyl (C=O) groups excluding carboxylic acids is 3. The Balaban J connectivity index is 1.68. The molecule has 0 aliphatic carbocycles. The molecule has 132 valence electrons. The molecule has 2 saturated heterocycles. The van der Waals surface area contributed by atoms with Gasteiger partial charge in [-0.05, 0) is 17.7 Å². The summed E-state index contributed by atoms with van der Waals surface area (Å²) < 4.78 is 16.9. The number of ether oxygens (including phenoxy) is 1. The Bertz CT molecular complexity index is 794. The van der Waals surface area contributed by atoms with Crippen molar-refractivity contribution in [3.05, 3.63) is 39.9 Å². The maximum absolute atomic E-state index is 12.2. The van der Waals surface area contributed by atoms with Crippen molar-refractivity contribution in [2.75, 3.05) is 5.75 Å². The second-order valence-corrected chi connectivity index (χ2v) is 7.12. The predicted octanol–water partition coefficient (Wildman–Crippen LogP) is -1.17. The minimum Gasteiger partial charge on any atom is -0.459 e. The Morgan fingerprint density at radius 2 is 2.00 bits per heavy atom. The molecule has 4 atom stereocenters.